The van der Waals surface area contributed by atoms with Gasteiger partial charge in [0, 0.05) is 31.0 Å². The van der Waals surface area contributed by atoms with E-state index in [1.807, 2.05) is 12.1 Å². The number of nitrogens with one attached hydrogen (secondary N) is 1. The number of hydrogen-bond acceptors (Lipinski definition) is 4. The number of hydrogen-bond donors (Lipinski definition) is 2. The lowest BCUT2D eigenvalue weighted by atomic mass is 10.0. The van der Waals surface area contributed by atoms with Crippen LogP contribution in [-0.4, -0.2) is 18.1 Å². The van der Waals surface area contributed by atoms with E-state index in [4.69, 9.17) is 5.84 Å². The minimum Gasteiger partial charge on any atom is -0.372 e. The first-order chi connectivity index (χ1) is 7.54. The Balaban J connectivity index is 2.74. The van der Waals surface area contributed by atoms with Crippen LogP contribution in [0.15, 0.2) is 18.3 Å². The third kappa shape index (κ3) is 3.38. The summed E-state index contributed by atoms with van der Waals surface area (Å²) in [7, 11) is 2.10. The zero-order valence-corrected chi connectivity index (χ0v) is 10.6. The number of anilines is 2. The normalized spacial score (nSPS) is 12.6. The van der Waals surface area contributed by atoms with Crippen molar-refractivity contribution in [3.05, 3.63) is 18.3 Å². The van der Waals surface area contributed by atoms with Crippen LogP contribution in [0, 0.1) is 5.92 Å². The second-order valence-electron chi connectivity index (χ2n) is 4.63. The maximum atomic E-state index is 5.34. The smallest absolute Gasteiger partial charge is 0.141 e. The molecule has 1 atom stereocenters. The van der Waals surface area contributed by atoms with Gasteiger partial charge < -0.3 is 10.3 Å². The molecule has 0 aliphatic rings. The number of pyridine rings is 1. The number of nitrogen functional groups attached to an aromatic ring is 1. The summed E-state index contributed by atoms with van der Waals surface area (Å²) >= 11 is 0. The maximum absolute atomic E-state index is 5.34. The van der Waals surface area contributed by atoms with Crippen LogP contribution in [0.2, 0.25) is 0 Å². The molecule has 0 saturated heterocycles. The fraction of sp³-hybridized carbons (Fsp3) is 0.583. The van der Waals surface area contributed by atoms with Crippen molar-refractivity contribution in [1.82, 2.24) is 4.98 Å². The lowest BCUT2D eigenvalue weighted by molar-refractivity contribution is 0.504. The van der Waals surface area contributed by atoms with Crippen molar-refractivity contribution in [1.29, 1.82) is 0 Å². The quantitative estimate of drug-likeness (QED) is 0.592. The summed E-state index contributed by atoms with van der Waals surface area (Å²) in [6, 6.07) is 4.46. The van der Waals surface area contributed by atoms with E-state index in [0.29, 0.717) is 17.8 Å². The highest BCUT2D eigenvalue weighted by Crippen LogP contribution is 2.20. The van der Waals surface area contributed by atoms with E-state index < -0.39 is 0 Å². The lowest BCUT2D eigenvalue weighted by Gasteiger charge is -2.28. The Hall–Kier alpha value is -1.29. The molecule has 0 amide bonds. The van der Waals surface area contributed by atoms with Gasteiger partial charge in [-0.15, -0.1) is 0 Å². The van der Waals surface area contributed by atoms with Crippen LogP contribution >= 0.6 is 0 Å². The van der Waals surface area contributed by atoms with Crippen molar-refractivity contribution in [2.45, 2.75) is 33.2 Å². The van der Waals surface area contributed by atoms with E-state index in [0.717, 1.165) is 5.69 Å². The van der Waals surface area contributed by atoms with Crippen LogP contribution in [0.4, 0.5) is 11.5 Å². The summed E-state index contributed by atoms with van der Waals surface area (Å²) in [4.78, 5) is 6.35. The molecule has 0 saturated carbocycles. The Kier molecular flexibility index (Phi) is 4.55. The Morgan fingerprint density at radius 2 is 2.12 bits per heavy atom. The average molecular weight is 222 g/mol. The Labute approximate surface area is 97.8 Å². The van der Waals surface area contributed by atoms with Gasteiger partial charge in [-0.2, -0.15) is 0 Å². The number of rotatable bonds is 5. The summed E-state index contributed by atoms with van der Waals surface area (Å²) in [5, 5.41) is 0. The molecule has 1 rings (SSSR count). The van der Waals surface area contributed by atoms with E-state index in [2.05, 4.69) is 43.1 Å². The topological polar surface area (TPSA) is 54.2 Å². The van der Waals surface area contributed by atoms with Crippen LogP contribution in [0.5, 0.6) is 0 Å². The van der Waals surface area contributed by atoms with Gasteiger partial charge in [0.25, 0.3) is 0 Å². The minimum atomic E-state index is 0.507. The predicted molar refractivity (Wildman–Crippen MR) is 69.4 cm³/mol. The van der Waals surface area contributed by atoms with Crippen LogP contribution in [0.1, 0.15) is 27.2 Å². The Morgan fingerprint density at radius 3 is 2.69 bits per heavy atom. The summed E-state index contributed by atoms with van der Waals surface area (Å²) in [5.41, 5.74) is 3.70. The van der Waals surface area contributed by atoms with Gasteiger partial charge in [0.15, 0.2) is 0 Å². The summed E-state index contributed by atoms with van der Waals surface area (Å²) in [6.45, 7) is 6.71. The molecule has 0 aliphatic carbocycles. The SMILES string of the molecule is CC(C)CC(C)N(C)c1ccnc(NN)c1. The molecule has 0 spiro atoms. The molecule has 0 bridgehead atoms. The highest BCUT2D eigenvalue weighted by atomic mass is 15.2. The first-order valence-corrected chi connectivity index (χ1v) is 5.70. The molecule has 0 fully saturated rings. The summed E-state index contributed by atoms with van der Waals surface area (Å²) in [5.74, 6) is 6.74. The van der Waals surface area contributed by atoms with Crippen molar-refractivity contribution < 1.29 is 0 Å². The molecule has 1 heterocycles. The van der Waals surface area contributed by atoms with E-state index >= 15 is 0 Å². The zero-order valence-electron chi connectivity index (χ0n) is 10.6. The van der Waals surface area contributed by atoms with E-state index in [9.17, 15) is 0 Å². The molecule has 0 aromatic carbocycles. The van der Waals surface area contributed by atoms with Gasteiger partial charge >= 0.3 is 0 Å². The van der Waals surface area contributed by atoms with E-state index in [1.54, 1.807) is 6.20 Å². The first kappa shape index (κ1) is 12.8. The molecule has 0 aliphatic heterocycles. The van der Waals surface area contributed by atoms with Crippen LogP contribution in [-0.2, 0) is 0 Å². The number of nitrogens with two attached hydrogens (primary N) is 1. The van der Waals surface area contributed by atoms with Gasteiger partial charge in [-0.1, -0.05) is 13.8 Å². The minimum absolute atomic E-state index is 0.507. The molecule has 1 aromatic rings. The Morgan fingerprint density at radius 1 is 1.44 bits per heavy atom. The van der Waals surface area contributed by atoms with Gasteiger partial charge in [-0.25, -0.2) is 10.8 Å². The highest BCUT2D eigenvalue weighted by Gasteiger charge is 2.12. The molecule has 1 unspecified atom stereocenters. The molecule has 4 heteroatoms. The fourth-order valence-corrected chi connectivity index (χ4v) is 1.81. The second kappa shape index (κ2) is 5.70. The predicted octanol–water partition coefficient (Wildman–Crippen LogP) is 2.24. The molecule has 16 heavy (non-hydrogen) atoms. The zero-order chi connectivity index (χ0) is 12.1. The van der Waals surface area contributed by atoms with Gasteiger partial charge in [0.05, 0.1) is 0 Å². The number of hydrazine groups is 1. The van der Waals surface area contributed by atoms with E-state index in [-0.39, 0.29) is 0 Å². The summed E-state index contributed by atoms with van der Waals surface area (Å²) in [6.07, 6.45) is 2.94. The van der Waals surface area contributed by atoms with Gasteiger partial charge in [0.1, 0.15) is 5.82 Å². The number of nitrogens with zero attached hydrogens (tertiary/aromatic N) is 2. The van der Waals surface area contributed by atoms with Gasteiger partial charge in [0.2, 0.25) is 0 Å². The molecule has 0 radical (unpaired) electrons. The third-order valence-electron chi connectivity index (χ3n) is 2.77. The van der Waals surface area contributed by atoms with Crippen molar-refractivity contribution >= 4 is 11.5 Å². The monoisotopic (exact) mass is 222 g/mol. The van der Waals surface area contributed by atoms with Gasteiger partial charge in [-0.3, -0.25) is 0 Å². The van der Waals surface area contributed by atoms with Crippen LogP contribution < -0.4 is 16.2 Å². The lowest BCUT2D eigenvalue weighted by Crippen LogP contribution is -2.30. The molecule has 3 N–H and O–H groups in total. The van der Waals surface area contributed by atoms with Crippen LogP contribution in [0.25, 0.3) is 0 Å². The van der Waals surface area contributed by atoms with Crippen molar-refractivity contribution in [3.8, 4) is 0 Å². The Bertz CT molecular complexity index is 325. The van der Waals surface area contributed by atoms with Gasteiger partial charge in [-0.05, 0) is 25.3 Å². The van der Waals surface area contributed by atoms with Crippen molar-refractivity contribution in [2.24, 2.45) is 11.8 Å². The number of aromatic nitrogens is 1. The van der Waals surface area contributed by atoms with E-state index in [1.165, 1.54) is 6.42 Å². The highest BCUT2D eigenvalue weighted by molar-refractivity contribution is 5.53. The average Bonchev–Trinajstić information content (AvgIpc) is 2.27. The standard InChI is InChI=1S/C12H22N4/c1-9(2)7-10(3)16(4)11-5-6-14-12(8-11)15-13/h5-6,8-10H,7,13H2,1-4H3,(H,14,15). The molecular weight excluding hydrogens is 200 g/mol. The van der Waals surface area contributed by atoms with Crippen LogP contribution in [0.3, 0.4) is 0 Å². The largest absolute Gasteiger partial charge is 0.372 e. The molecule has 1 aromatic heterocycles. The second-order valence-corrected chi connectivity index (χ2v) is 4.63. The van der Waals surface area contributed by atoms with Crippen molar-refractivity contribution in [3.63, 3.8) is 0 Å². The fourth-order valence-electron chi connectivity index (χ4n) is 1.81. The summed E-state index contributed by atoms with van der Waals surface area (Å²) < 4.78 is 0. The molecule has 4 nitrogen and oxygen atoms in total. The molecule has 90 valence electrons. The third-order valence-corrected chi connectivity index (χ3v) is 2.77. The first-order valence-electron chi connectivity index (χ1n) is 5.70. The maximum Gasteiger partial charge on any atom is 0.141 e. The van der Waals surface area contributed by atoms with Crippen molar-refractivity contribution in [2.75, 3.05) is 17.4 Å². The molecular formula is C12H22N4.